The third kappa shape index (κ3) is 4.58. The molecule has 2 aromatic carbocycles. The lowest BCUT2D eigenvalue weighted by atomic mass is 9.90. The zero-order valence-corrected chi connectivity index (χ0v) is 20.8. The molecule has 1 fully saturated rings. The molecule has 1 saturated heterocycles. The molecule has 4 heterocycles. The van der Waals surface area contributed by atoms with E-state index in [0.717, 1.165) is 54.1 Å². The highest BCUT2D eigenvalue weighted by atomic mass is 19.2. The molecule has 2 aromatic heterocycles. The second kappa shape index (κ2) is 9.94. The number of H-pyrrole nitrogens is 1. The minimum absolute atomic E-state index is 0.368. The lowest BCUT2D eigenvalue weighted by molar-refractivity contribution is 0.286. The highest BCUT2D eigenvalue weighted by molar-refractivity contribution is 5.91. The Bertz CT molecular complexity index is 1430. The van der Waals surface area contributed by atoms with E-state index < -0.39 is 11.6 Å². The minimum Gasteiger partial charge on any atom is -0.494 e. The molecule has 2 atom stereocenters. The minimum atomic E-state index is -0.854. The molecule has 0 spiro atoms. The van der Waals surface area contributed by atoms with Gasteiger partial charge in [0.2, 0.25) is 0 Å². The van der Waals surface area contributed by atoms with Crippen molar-refractivity contribution in [1.29, 1.82) is 0 Å². The molecule has 0 bridgehead atoms. The van der Waals surface area contributed by atoms with Crippen LogP contribution < -0.4 is 4.74 Å². The maximum Gasteiger partial charge on any atom is 0.159 e. The van der Waals surface area contributed by atoms with Crippen molar-refractivity contribution in [3.8, 4) is 28.1 Å². The number of halogens is 2. The van der Waals surface area contributed by atoms with Crippen LogP contribution in [0.25, 0.3) is 28.0 Å². The van der Waals surface area contributed by atoms with Crippen molar-refractivity contribution in [2.24, 2.45) is 0 Å². The Morgan fingerprint density at radius 3 is 2.57 bits per heavy atom. The van der Waals surface area contributed by atoms with E-state index in [1.165, 1.54) is 23.3 Å². The molecule has 0 unspecified atom stereocenters. The summed E-state index contributed by atoms with van der Waals surface area (Å²) >= 11 is 0. The van der Waals surface area contributed by atoms with Gasteiger partial charge in [-0.25, -0.2) is 8.78 Å². The predicted octanol–water partition coefficient (Wildman–Crippen LogP) is 7.07. The summed E-state index contributed by atoms with van der Waals surface area (Å²) in [6, 6.07) is 16.9. The number of ether oxygens (including phenoxy) is 1. The molecule has 6 heteroatoms. The summed E-state index contributed by atoms with van der Waals surface area (Å²) in [6.07, 6.45) is 9.93. The Kier molecular flexibility index (Phi) is 6.35. The molecule has 0 saturated carbocycles. The molecular weight excluding hydrogens is 468 g/mol. The van der Waals surface area contributed by atoms with Crippen molar-refractivity contribution in [2.75, 3.05) is 19.7 Å². The Hall–Kier alpha value is -3.77. The number of fused-ring (bicyclic) bond motifs is 1. The second-order valence-corrected chi connectivity index (χ2v) is 9.76. The van der Waals surface area contributed by atoms with Crippen molar-refractivity contribution in [2.45, 2.75) is 31.7 Å². The van der Waals surface area contributed by atoms with Gasteiger partial charge in [0, 0.05) is 54.4 Å². The second-order valence-electron chi connectivity index (χ2n) is 9.76. The van der Waals surface area contributed by atoms with Crippen molar-refractivity contribution >= 4 is 5.57 Å². The van der Waals surface area contributed by atoms with E-state index in [2.05, 4.69) is 45.2 Å². The summed E-state index contributed by atoms with van der Waals surface area (Å²) in [7, 11) is 0. The van der Waals surface area contributed by atoms with E-state index in [4.69, 9.17) is 4.74 Å². The van der Waals surface area contributed by atoms with E-state index >= 15 is 0 Å². The van der Waals surface area contributed by atoms with E-state index in [1.54, 1.807) is 18.5 Å². The zero-order chi connectivity index (χ0) is 25.4. The Labute approximate surface area is 215 Å². The van der Waals surface area contributed by atoms with Gasteiger partial charge in [0.05, 0.1) is 12.3 Å². The quantitative estimate of drug-likeness (QED) is 0.310. The van der Waals surface area contributed by atoms with E-state index in [0.29, 0.717) is 24.1 Å². The van der Waals surface area contributed by atoms with Crippen molar-refractivity contribution < 1.29 is 13.5 Å². The van der Waals surface area contributed by atoms with Gasteiger partial charge >= 0.3 is 0 Å². The van der Waals surface area contributed by atoms with Crippen LogP contribution in [-0.2, 0) is 0 Å². The molecular formula is C31H29F2N3O. The molecule has 2 aliphatic heterocycles. The van der Waals surface area contributed by atoms with Crippen molar-refractivity contribution in [1.82, 2.24) is 14.9 Å². The molecule has 2 aliphatic rings. The highest BCUT2D eigenvalue weighted by Crippen LogP contribution is 2.43. The van der Waals surface area contributed by atoms with Gasteiger partial charge in [0.25, 0.3) is 0 Å². The fourth-order valence-corrected chi connectivity index (χ4v) is 5.79. The third-order valence-electron chi connectivity index (χ3n) is 7.58. The number of nitrogens with zero attached hydrogens (tertiary/aromatic N) is 2. The maximum absolute atomic E-state index is 14.1. The number of hydrogen-bond donors (Lipinski definition) is 1. The van der Waals surface area contributed by atoms with Gasteiger partial charge in [0.15, 0.2) is 11.6 Å². The Morgan fingerprint density at radius 2 is 1.81 bits per heavy atom. The standard InChI is InChI=1S/C31H29F2N3O/c1-2-37-26-6-3-20(4-7-26)24-16-25-15-22(11-14-36(25)19-24)27-18-35-31(23-5-8-28(32)29(33)17-23)30(27)21-9-12-34-13-10-21/h3-10,12-13,15,17-18,24-25,35H,2,11,14,16,19H2,1H3/t24-,25-/m1/s1. The molecule has 188 valence electrons. The summed E-state index contributed by atoms with van der Waals surface area (Å²) in [5, 5.41) is 0. The van der Waals surface area contributed by atoms with Gasteiger partial charge in [-0.15, -0.1) is 0 Å². The number of hydrogen-bond acceptors (Lipinski definition) is 3. The van der Waals surface area contributed by atoms with Crippen molar-refractivity contribution in [3.05, 3.63) is 102 Å². The topological polar surface area (TPSA) is 41.1 Å². The van der Waals surface area contributed by atoms with E-state index in [-0.39, 0.29) is 0 Å². The zero-order valence-electron chi connectivity index (χ0n) is 20.8. The maximum atomic E-state index is 14.1. The van der Waals surface area contributed by atoms with Crippen LogP contribution in [0.5, 0.6) is 5.75 Å². The summed E-state index contributed by atoms with van der Waals surface area (Å²) < 4.78 is 33.4. The monoisotopic (exact) mass is 497 g/mol. The smallest absolute Gasteiger partial charge is 0.159 e. The van der Waals surface area contributed by atoms with Crippen LogP contribution in [0, 0.1) is 11.6 Å². The summed E-state index contributed by atoms with van der Waals surface area (Å²) in [6.45, 7) is 4.71. The number of aromatic nitrogens is 2. The van der Waals surface area contributed by atoms with Gasteiger partial charge in [-0.3, -0.25) is 9.88 Å². The predicted molar refractivity (Wildman–Crippen MR) is 142 cm³/mol. The van der Waals surface area contributed by atoms with Gasteiger partial charge in [0.1, 0.15) is 5.75 Å². The molecule has 4 nitrogen and oxygen atoms in total. The number of nitrogens with one attached hydrogen (secondary N) is 1. The highest BCUT2D eigenvalue weighted by Gasteiger charge is 2.34. The first kappa shape index (κ1) is 23.6. The van der Waals surface area contributed by atoms with Crippen LogP contribution in [0.3, 0.4) is 0 Å². The van der Waals surface area contributed by atoms with Crippen LogP contribution >= 0.6 is 0 Å². The number of pyridine rings is 1. The van der Waals surface area contributed by atoms with Crippen LogP contribution in [0.15, 0.2) is 79.3 Å². The van der Waals surface area contributed by atoms with Gasteiger partial charge in [-0.05, 0) is 84.8 Å². The summed E-state index contributed by atoms with van der Waals surface area (Å²) in [5.41, 5.74) is 7.13. The van der Waals surface area contributed by atoms with Crippen LogP contribution in [0.4, 0.5) is 8.78 Å². The molecule has 0 amide bonds. The SMILES string of the molecule is CCOc1ccc([C@@H]2C[C@H]3C=C(c4c[nH]c(-c5ccc(F)c(F)c5)c4-c4ccncc4)CCN3C2)cc1. The average molecular weight is 498 g/mol. The average Bonchev–Trinajstić information content (AvgIpc) is 3.56. The molecule has 1 N–H and O–H groups in total. The number of aromatic amines is 1. The largest absolute Gasteiger partial charge is 0.494 e. The third-order valence-corrected chi connectivity index (χ3v) is 7.58. The molecule has 37 heavy (non-hydrogen) atoms. The first-order chi connectivity index (χ1) is 18.1. The number of benzene rings is 2. The summed E-state index contributed by atoms with van der Waals surface area (Å²) in [4.78, 5) is 10.1. The van der Waals surface area contributed by atoms with Crippen LogP contribution in [-0.4, -0.2) is 40.6 Å². The molecule has 0 radical (unpaired) electrons. The van der Waals surface area contributed by atoms with Gasteiger partial charge < -0.3 is 9.72 Å². The number of rotatable bonds is 6. The fourth-order valence-electron chi connectivity index (χ4n) is 5.79. The molecule has 6 rings (SSSR count). The van der Waals surface area contributed by atoms with Crippen LogP contribution in [0.2, 0.25) is 0 Å². The Balaban J connectivity index is 1.33. The van der Waals surface area contributed by atoms with Crippen LogP contribution in [0.1, 0.15) is 36.8 Å². The molecule has 0 aliphatic carbocycles. The Morgan fingerprint density at radius 1 is 1.00 bits per heavy atom. The lowest BCUT2D eigenvalue weighted by Gasteiger charge is -2.28. The fraction of sp³-hybridized carbons (Fsp3) is 0.258. The lowest BCUT2D eigenvalue weighted by Crippen LogP contribution is -2.32. The summed E-state index contributed by atoms with van der Waals surface area (Å²) in [5.74, 6) is -0.301. The van der Waals surface area contributed by atoms with Gasteiger partial charge in [-0.1, -0.05) is 18.2 Å². The molecule has 4 aromatic rings. The van der Waals surface area contributed by atoms with Crippen molar-refractivity contribution in [3.63, 3.8) is 0 Å². The first-order valence-electron chi connectivity index (χ1n) is 12.9. The van der Waals surface area contributed by atoms with Gasteiger partial charge in [-0.2, -0.15) is 0 Å². The first-order valence-corrected chi connectivity index (χ1v) is 12.9. The van der Waals surface area contributed by atoms with E-state index in [9.17, 15) is 8.78 Å². The van der Waals surface area contributed by atoms with E-state index in [1.807, 2.05) is 25.3 Å². The normalized spacial score (nSPS) is 19.5.